The molecule has 0 aliphatic rings. The molecule has 5 nitrogen and oxygen atoms in total. The van der Waals surface area contributed by atoms with E-state index < -0.39 is 17.7 Å². The predicted octanol–water partition coefficient (Wildman–Crippen LogP) is 3.20. The molecule has 0 aliphatic carbocycles. The first-order chi connectivity index (χ1) is 10.3. The lowest BCUT2D eigenvalue weighted by molar-refractivity contribution is -0.137. The lowest BCUT2D eigenvalue weighted by atomic mass is 10.2. The number of benzene rings is 1. The number of aromatic carboxylic acids is 1. The smallest absolute Gasteiger partial charge is 0.416 e. The maximum atomic E-state index is 12.6. The summed E-state index contributed by atoms with van der Waals surface area (Å²) in [6, 6.07) is 4.46. The average molecular weight is 314 g/mol. The van der Waals surface area contributed by atoms with Crippen molar-refractivity contribution in [3.63, 3.8) is 0 Å². The molecule has 8 heteroatoms. The van der Waals surface area contributed by atoms with Crippen molar-refractivity contribution in [3.05, 3.63) is 47.5 Å². The predicted molar refractivity (Wildman–Crippen MR) is 70.6 cm³/mol. The minimum Gasteiger partial charge on any atom is -0.487 e. The third-order valence-electron chi connectivity index (χ3n) is 2.91. The highest BCUT2D eigenvalue weighted by Gasteiger charge is 2.30. The van der Waals surface area contributed by atoms with Crippen molar-refractivity contribution in [2.45, 2.75) is 26.3 Å². The zero-order valence-corrected chi connectivity index (χ0v) is 11.6. The number of alkyl halides is 3. The normalized spacial score (nSPS) is 11.5. The van der Waals surface area contributed by atoms with E-state index in [9.17, 15) is 18.0 Å². The Labute approximate surface area is 124 Å². The summed E-state index contributed by atoms with van der Waals surface area (Å²) in [6.45, 7) is 2.05. The Balaban J connectivity index is 2.12. The van der Waals surface area contributed by atoms with Crippen molar-refractivity contribution in [2.75, 3.05) is 0 Å². The summed E-state index contributed by atoms with van der Waals surface area (Å²) >= 11 is 0. The Morgan fingerprint density at radius 2 is 2.14 bits per heavy atom. The van der Waals surface area contributed by atoms with Crippen LogP contribution in [0.25, 0.3) is 0 Å². The summed E-state index contributed by atoms with van der Waals surface area (Å²) < 4.78 is 44.4. The Morgan fingerprint density at radius 3 is 2.68 bits per heavy atom. The second kappa shape index (κ2) is 6.08. The molecular formula is C14H13F3N2O3. The van der Waals surface area contributed by atoms with Gasteiger partial charge in [-0.05, 0) is 25.1 Å². The summed E-state index contributed by atoms with van der Waals surface area (Å²) in [5.41, 5.74) is -0.480. The SMILES string of the molecule is CCn1cc(COc2cccc(C(F)(F)F)c2)nc1C(=O)O. The van der Waals surface area contributed by atoms with E-state index in [1.54, 1.807) is 6.92 Å². The molecule has 1 aromatic carbocycles. The maximum absolute atomic E-state index is 12.6. The minimum absolute atomic E-state index is 0.0396. The van der Waals surface area contributed by atoms with Gasteiger partial charge in [0.05, 0.1) is 11.3 Å². The molecule has 0 unspecified atom stereocenters. The monoisotopic (exact) mass is 314 g/mol. The van der Waals surface area contributed by atoms with Gasteiger partial charge in [0.25, 0.3) is 0 Å². The molecule has 1 aromatic heterocycles. The van der Waals surface area contributed by atoms with E-state index in [0.717, 1.165) is 12.1 Å². The third kappa shape index (κ3) is 3.57. The Bertz CT molecular complexity index is 680. The van der Waals surface area contributed by atoms with Gasteiger partial charge < -0.3 is 14.4 Å². The van der Waals surface area contributed by atoms with Crippen LogP contribution < -0.4 is 4.74 Å². The number of carboxylic acid groups (broad SMARTS) is 1. The number of aromatic nitrogens is 2. The van der Waals surface area contributed by atoms with Crippen molar-refractivity contribution in [1.82, 2.24) is 9.55 Å². The van der Waals surface area contributed by atoms with Crippen LogP contribution in [0.2, 0.25) is 0 Å². The second-order valence-corrected chi connectivity index (χ2v) is 4.46. The molecule has 0 bridgehead atoms. The van der Waals surface area contributed by atoms with Crippen LogP contribution in [-0.2, 0) is 19.3 Å². The van der Waals surface area contributed by atoms with Crippen molar-refractivity contribution < 1.29 is 27.8 Å². The number of carbonyl (C=O) groups is 1. The number of rotatable bonds is 5. The van der Waals surface area contributed by atoms with Gasteiger partial charge in [0.1, 0.15) is 12.4 Å². The molecule has 2 rings (SSSR count). The molecule has 2 aromatic rings. The number of nitrogens with zero attached hydrogens (tertiary/aromatic N) is 2. The molecule has 0 atom stereocenters. The highest BCUT2D eigenvalue weighted by atomic mass is 19.4. The van der Waals surface area contributed by atoms with Crippen LogP contribution in [0.1, 0.15) is 28.8 Å². The summed E-state index contributed by atoms with van der Waals surface area (Å²) in [5.74, 6) is -1.27. The van der Waals surface area contributed by atoms with E-state index in [-0.39, 0.29) is 18.2 Å². The molecule has 0 fully saturated rings. The molecule has 0 radical (unpaired) electrons. The van der Waals surface area contributed by atoms with Crippen LogP contribution in [-0.4, -0.2) is 20.6 Å². The van der Waals surface area contributed by atoms with Gasteiger partial charge in [0, 0.05) is 12.7 Å². The molecule has 0 saturated heterocycles. The van der Waals surface area contributed by atoms with E-state index in [2.05, 4.69) is 4.98 Å². The first-order valence-electron chi connectivity index (χ1n) is 6.40. The second-order valence-electron chi connectivity index (χ2n) is 4.46. The van der Waals surface area contributed by atoms with Crippen LogP contribution in [0.3, 0.4) is 0 Å². The van der Waals surface area contributed by atoms with Gasteiger partial charge in [0.2, 0.25) is 5.82 Å². The standard InChI is InChI=1S/C14H13F3N2O3/c1-2-19-7-10(18-12(19)13(20)21)8-22-11-5-3-4-9(6-11)14(15,16)17/h3-7H,2,8H2,1H3,(H,20,21). The number of ether oxygens (including phenoxy) is 1. The number of carboxylic acids is 1. The maximum Gasteiger partial charge on any atom is 0.416 e. The van der Waals surface area contributed by atoms with Gasteiger partial charge in [-0.15, -0.1) is 0 Å². The summed E-state index contributed by atoms with van der Waals surface area (Å²) in [6.07, 6.45) is -2.95. The van der Waals surface area contributed by atoms with Gasteiger partial charge in [0.15, 0.2) is 0 Å². The molecule has 0 saturated carbocycles. The quantitative estimate of drug-likeness (QED) is 0.920. The van der Waals surface area contributed by atoms with E-state index in [1.807, 2.05) is 0 Å². The van der Waals surface area contributed by atoms with E-state index in [1.165, 1.54) is 22.9 Å². The largest absolute Gasteiger partial charge is 0.487 e. The fraction of sp³-hybridized carbons (Fsp3) is 0.286. The fourth-order valence-corrected chi connectivity index (χ4v) is 1.87. The molecule has 1 heterocycles. The molecule has 0 amide bonds. The first-order valence-corrected chi connectivity index (χ1v) is 6.40. The van der Waals surface area contributed by atoms with Crippen LogP contribution in [0.5, 0.6) is 5.75 Å². The third-order valence-corrected chi connectivity index (χ3v) is 2.91. The lowest BCUT2D eigenvalue weighted by Crippen LogP contribution is -2.07. The fourth-order valence-electron chi connectivity index (χ4n) is 1.87. The minimum atomic E-state index is -4.44. The molecule has 22 heavy (non-hydrogen) atoms. The topological polar surface area (TPSA) is 64.4 Å². The number of hydrogen-bond acceptors (Lipinski definition) is 3. The number of imidazole rings is 1. The zero-order chi connectivity index (χ0) is 16.3. The van der Waals surface area contributed by atoms with Crippen LogP contribution in [0.15, 0.2) is 30.5 Å². The molecule has 1 N–H and O–H groups in total. The first kappa shape index (κ1) is 15.9. The Hall–Kier alpha value is -2.51. The number of hydrogen-bond donors (Lipinski definition) is 1. The van der Waals surface area contributed by atoms with Crippen molar-refractivity contribution in [1.29, 1.82) is 0 Å². The van der Waals surface area contributed by atoms with Crippen LogP contribution in [0.4, 0.5) is 13.2 Å². The van der Waals surface area contributed by atoms with Gasteiger partial charge in [-0.1, -0.05) is 6.07 Å². The highest BCUT2D eigenvalue weighted by Crippen LogP contribution is 2.31. The lowest BCUT2D eigenvalue weighted by Gasteiger charge is -2.09. The Kier molecular flexibility index (Phi) is 4.39. The van der Waals surface area contributed by atoms with Crippen molar-refractivity contribution in [3.8, 4) is 5.75 Å². The summed E-state index contributed by atoms with van der Waals surface area (Å²) in [4.78, 5) is 14.9. The number of halogens is 3. The van der Waals surface area contributed by atoms with E-state index in [4.69, 9.17) is 9.84 Å². The molecular weight excluding hydrogens is 301 g/mol. The molecule has 118 valence electrons. The van der Waals surface area contributed by atoms with E-state index >= 15 is 0 Å². The zero-order valence-electron chi connectivity index (χ0n) is 11.6. The van der Waals surface area contributed by atoms with Crippen molar-refractivity contribution in [2.24, 2.45) is 0 Å². The summed E-state index contributed by atoms with van der Waals surface area (Å²) in [5, 5.41) is 8.97. The summed E-state index contributed by atoms with van der Waals surface area (Å²) in [7, 11) is 0. The van der Waals surface area contributed by atoms with Gasteiger partial charge >= 0.3 is 12.1 Å². The van der Waals surface area contributed by atoms with Crippen molar-refractivity contribution >= 4 is 5.97 Å². The highest BCUT2D eigenvalue weighted by molar-refractivity contribution is 5.83. The van der Waals surface area contributed by atoms with Crippen LogP contribution >= 0.6 is 0 Å². The average Bonchev–Trinajstić information content (AvgIpc) is 2.88. The number of aryl methyl sites for hydroxylation is 1. The Morgan fingerprint density at radius 1 is 1.41 bits per heavy atom. The molecule has 0 spiro atoms. The van der Waals surface area contributed by atoms with Gasteiger partial charge in [-0.3, -0.25) is 0 Å². The van der Waals surface area contributed by atoms with Gasteiger partial charge in [-0.25, -0.2) is 9.78 Å². The van der Waals surface area contributed by atoms with Crippen LogP contribution in [0, 0.1) is 0 Å². The molecule has 0 aliphatic heterocycles. The van der Waals surface area contributed by atoms with Gasteiger partial charge in [-0.2, -0.15) is 13.2 Å². The van der Waals surface area contributed by atoms with E-state index in [0.29, 0.717) is 12.2 Å².